The number of hydrogen-bond acceptors (Lipinski definition) is 5. The Hall–Kier alpha value is -3.09. The van der Waals surface area contributed by atoms with Crippen molar-refractivity contribution in [1.82, 2.24) is 15.0 Å². The molecular formula is C25H24BN3O2. The van der Waals surface area contributed by atoms with Gasteiger partial charge in [-0.3, -0.25) is 4.98 Å². The van der Waals surface area contributed by atoms with Gasteiger partial charge in [0, 0.05) is 28.9 Å². The van der Waals surface area contributed by atoms with E-state index in [0.717, 1.165) is 33.2 Å². The van der Waals surface area contributed by atoms with Gasteiger partial charge in [-0.15, -0.1) is 0 Å². The predicted molar refractivity (Wildman–Crippen MR) is 124 cm³/mol. The van der Waals surface area contributed by atoms with E-state index in [1.54, 1.807) is 12.4 Å². The van der Waals surface area contributed by atoms with Crippen LogP contribution in [0.15, 0.2) is 73.1 Å². The number of nitrogens with zero attached hydrogens (tertiary/aromatic N) is 3. The summed E-state index contributed by atoms with van der Waals surface area (Å²) < 4.78 is 12.4. The van der Waals surface area contributed by atoms with E-state index >= 15 is 0 Å². The van der Waals surface area contributed by atoms with Gasteiger partial charge in [0.1, 0.15) is 0 Å². The zero-order valence-corrected chi connectivity index (χ0v) is 18.2. The summed E-state index contributed by atoms with van der Waals surface area (Å²) in [5, 5.41) is 1.01. The highest BCUT2D eigenvalue weighted by molar-refractivity contribution is 6.62. The van der Waals surface area contributed by atoms with Crippen LogP contribution in [0.1, 0.15) is 27.7 Å². The maximum Gasteiger partial charge on any atom is 0.494 e. The van der Waals surface area contributed by atoms with Crippen molar-refractivity contribution >= 4 is 23.5 Å². The summed E-state index contributed by atoms with van der Waals surface area (Å²) in [6.07, 6.45) is 3.54. The lowest BCUT2D eigenvalue weighted by molar-refractivity contribution is 0.00578. The van der Waals surface area contributed by atoms with E-state index in [1.807, 2.05) is 30.3 Å². The minimum Gasteiger partial charge on any atom is -0.399 e. The van der Waals surface area contributed by atoms with Crippen molar-refractivity contribution in [3.05, 3.63) is 73.1 Å². The Morgan fingerprint density at radius 2 is 1.45 bits per heavy atom. The number of aromatic nitrogens is 3. The monoisotopic (exact) mass is 409 g/mol. The summed E-state index contributed by atoms with van der Waals surface area (Å²) in [7, 11) is -0.382. The minimum absolute atomic E-state index is 0.363. The van der Waals surface area contributed by atoms with E-state index in [2.05, 4.69) is 63.0 Å². The van der Waals surface area contributed by atoms with Crippen molar-refractivity contribution in [1.29, 1.82) is 0 Å². The Morgan fingerprint density at radius 3 is 2.13 bits per heavy atom. The Morgan fingerprint density at radius 1 is 0.742 bits per heavy atom. The van der Waals surface area contributed by atoms with Crippen molar-refractivity contribution in [3.63, 3.8) is 0 Å². The topological polar surface area (TPSA) is 57.1 Å². The van der Waals surface area contributed by atoms with Crippen molar-refractivity contribution < 1.29 is 9.31 Å². The van der Waals surface area contributed by atoms with Gasteiger partial charge in [0.2, 0.25) is 0 Å². The molecule has 4 aromatic rings. The SMILES string of the molecule is CC1(C)OB(c2ccc(-c3nc(-c4cccnc4)nc4ccccc34)cc2)OC1(C)C. The molecule has 0 unspecified atom stereocenters. The lowest BCUT2D eigenvalue weighted by Gasteiger charge is -2.32. The summed E-state index contributed by atoms with van der Waals surface area (Å²) >= 11 is 0. The standard InChI is InChI=1S/C25H24BN3O2/c1-24(2)25(3,4)31-26(30-24)19-13-11-17(12-14-19)22-20-9-5-6-10-21(20)28-23(29-22)18-8-7-15-27-16-18/h5-16H,1-4H3. The first-order valence-electron chi connectivity index (χ1n) is 10.5. The zero-order valence-electron chi connectivity index (χ0n) is 18.2. The molecular weight excluding hydrogens is 385 g/mol. The molecule has 3 heterocycles. The highest BCUT2D eigenvalue weighted by Gasteiger charge is 2.51. The smallest absolute Gasteiger partial charge is 0.399 e. The molecule has 0 N–H and O–H groups in total. The average molecular weight is 409 g/mol. The maximum absolute atomic E-state index is 6.19. The molecule has 0 spiro atoms. The molecule has 0 radical (unpaired) electrons. The summed E-state index contributed by atoms with van der Waals surface area (Å²) in [5.74, 6) is 0.664. The largest absolute Gasteiger partial charge is 0.494 e. The van der Waals surface area contributed by atoms with E-state index in [-0.39, 0.29) is 18.3 Å². The number of pyridine rings is 1. The zero-order chi connectivity index (χ0) is 21.6. The molecule has 1 aliphatic heterocycles. The Balaban J connectivity index is 1.55. The summed E-state index contributed by atoms with van der Waals surface area (Å²) in [5.41, 5.74) is 3.97. The minimum atomic E-state index is -0.382. The van der Waals surface area contributed by atoms with Crippen LogP contribution in [0.5, 0.6) is 0 Å². The molecule has 31 heavy (non-hydrogen) atoms. The maximum atomic E-state index is 6.19. The fraction of sp³-hybridized carbons (Fsp3) is 0.240. The molecule has 2 aromatic carbocycles. The van der Waals surface area contributed by atoms with Crippen LogP contribution in [-0.4, -0.2) is 33.3 Å². The molecule has 1 aliphatic rings. The lowest BCUT2D eigenvalue weighted by Crippen LogP contribution is -2.41. The molecule has 2 aromatic heterocycles. The number of benzene rings is 2. The van der Waals surface area contributed by atoms with Crippen LogP contribution in [0.3, 0.4) is 0 Å². The summed E-state index contributed by atoms with van der Waals surface area (Å²) in [6.45, 7) is 8.26. The first-order chi connectivity index (χ1) is 14.8. The second kappa shape index (κ2) is 7.25. The van der Waals surface area contributed by atoms with Gasteiger partial charge in [0.05, 0.1) is 22.4 Å². The normalized spacial score (nSPS) is 17.2. The molecule has 1 fully saturated rings. The second-order valence-electron chi connectivity index (χ2n) is 8.86. The third kappa shape index (κ3) is 3.52. The molecule has 154 valence electrons. The van der Waals surface area contributed by atoms with Gasteiger partial charge in [-0.2, -0.15) is 0 Å². The highest BCUT2D eigenvalue weighted by atomic mass is 16.7. The number of hydrogen-bond donors (Lipinski definition) is 0. The first kappa shape index (κ1) is 19.9. The van der Waals surface area contributed by atoms with Gasteiger partial charge >= 0.3 is 7.12 Å². The molecule has 5 rings (SSSR count). The highest BCUT2D eigenvalue weighted by Crippen LogP contribution is 2.36. The van der Waals surface area contributed by atoms with Gasteiger partial charge in [0.15, 0.2) is 5.82 Å². The van der Waals surface area contributed by atoms with Crippen molar-refractivity contribution in [2.24, 2.45) is 0 Å². The third-order valence-corrected chi connectivity index (χ3v) is 6.23. The second-order valence-corrected chi connectivity index (χ2v) is 8.86. The average Bonchev–Trinajstić information content (AvgIpc) is 3.00. The Kier molecular flexibility index (Phi) is 4.65. The van der Waals surface area contributed by atoms with E-state index in [1.165, 1.54) is 0 Å². The first-order valence-corrected chi connectivity index (χ1v) is 10.5. The fourth-order valence-electron chi connectivity index (χ4n) is 3.70. The van der Waals surface area contributed by atoms with E-state index in [0.29, 0.717) is 5.82 Å². The quantitative estimate of drug-likeness (QED) is 0.461. The molecule has 1 saturated heterocycles. The van der Waals surface area contributed by atoms with Crippen LogP contribution in [0.4, 0.5) is 0 Å². The molecule has 0 bridgehead atoms. The number of para-hydroxylation sites is 1. The molecule has 0 aliphatic carbocycles. The number of rotatable bonds is 3. The predicted octanol–water partition coefficient (Wildman–Crippen LogP) is 4.66. The van der Waals surface area contributed by atoms with Gasteiger partial charge in [-0.05, 0) is 51.4 Å². The van der Waals surface area contributed by atoms with E-state index in [9.17, 15) is 0 Å². The van der Waals surface area contributed by atoms with E-state index in [4.69, 9.17) is 19.3 Å². The lowest BCUT2D eigenvalue weighted by atomic mass is 9.78. The van der Waals surface area contributed by atoms with Crippen LogP contribution < -0.4 is 5.46 Å². The molecule has 0 atom stereocenters. The van der Waals surface area contributed by atoms with Gasteiger partial charge in [-0.1, -0.05) is 42.5 Å². The molecule has 5 nitrogen and oxygen atoms in total. The van der Waals surface area contributed by atoms with Crippen LogP contribution in [0.2, 0.25) is 0 Å². The number of fused-ring (bicyclic) bond motifs is 1. The summed E-state index contributed by atoms with van der Waals surface area (Å²) in [6, 6.07) is 20.2. The molecule has 0 amide bonds. The molecule has 0 saturated carbocycles. The fourth-order valence-corrected chi connectivity index (χ4v) is 3.70. The third-order valence-electron chi connectivity index (χ3n) is 6.23. The van der Waals surface area contributed by atoms with Crippen LogP contribution in [0.25, 0.3) is 33.5 Å². The van der Waals surface area contributed by atoms with Crippen LogP contribution in [0, 0.1) is 0 Å². The van der Waals surface area contributed by atoms with Crippen molar-refractivity contribution in [2.75, 3.05) is 0 Å². The van der Waals surface area contributed by atoms with E-state index < -0.39 is 0 Å². The Bertz CT molecular complexity index is 1220. The van der Waals surface area contributed by atoms with Gasteiger partial charge in [0.25, 0.3) is 0 Å². The Labute approximate surface area is 182 Å². The van der Waals surface area contributed by atoms with Crippen molar-refractivity contribution in [3.8, 4) is 22.6 Å². The van der Waals surface area contributed by atoms with Crippen LogP contribution >= 0.6 is 0 Å². The summed E-state index contributed by atoms with van der Waals surface area (Å²) in [4.78, 5) is 13.9. The van der Waals surface area contributed by atoms with Gasteiger partial charge in [-0.25, -0.2) is 9.97 Å². The van der Waals surface area contributed by atoms with Gasteiger partial charge < -0.3 is 9.31 Å². The van der Waals surface area contributed by atoms with Crippen LogP contribution in [-0.2, 0) is 9.31 Å². The molecule has 6 heteroatoms. The van der Waals surface area contributed by atoms with Crippen molar-refractivity contribution in [2.45, 2.75) is 38.9 Å².